The second kappa shape index (κ2) is 11.3. The standard InChI is InChI=1S/C20H30BrN3O3/c1-3-23(4-2)20(26)16-22-11-13-24(14-12-22)19(25)10-7-15-27-18-9-6-5-8-17(18)21/h5-6,8-9H,3-4,7,10-16H2,1-2H3. The van der Waals surface area contributed by atoms with Gasteiger partial charge in [0, 0.05) is 45.7 Å². The van der Waals surface area contributed by atoms with Gasteiger partial charge < -0.3 is 14.5 Å². The molecule has 0 aromatic heterocycles. The molecule has 1 aliphatic rings. The number of benzene rings is 1. The number of para-hydroxylation sites is 1. The van der Waals surface area contributed by atoms with Gasteiger partial charge in [0.1, 0.15) is 5.75 Å². The van der Waals surface area contributed by atoms with E-state index < -0.39 is 0 Å². The molecule has 1 aromatic carbocycles. The normalized spacial score (nSPS) is 14.9. The molecule has 1 aromatic rings. The highest BCUT2D eigenvalue weighted by molar-refractivity contribution is 9.10. The summed E-state index contributed by atoms with van der Waals surface area (Å²) in [7, 11) is 0. The number of likely N-dealkylation sites (N-methyl/N-ethyl adjacent to an activating group) is 1. The Morgan fingerprint density at radius 2 is 1.78 bits per heavy atom. The van der Waals surface area contributed by atoms with Gasteiger partial charge in [-0.2, -0.15) is 0 Å². The van der Waals surface area contributed by atoms with Crippen molar-refractivity contribution in [3.8, 4) is 5.75 Å². The zero-order valence-corrected chi connectivity index (χ0v) is 17.9. The molecule has 0 radical (unpaired) electrons. The Kier molecular flexibility index (Phi) is 9.07. The highest BCUT2D eigenvalue weighted by Crippen LogP contribution is 2.23. The van der Waals surface area contributed by atoms with Gasteiger partial charge in [-0.3, -0.25) is 14.5 Å². The van der Waals surface area contributed by atoms with E-state index in [-0.39, 0.29) is 11.8 Å². The van der Waals surface area contributed by atoms with Gasteiger partial charge in [0.25, 0.3) is 0 Å². The maximum Gasteiger partial charge on any atom is 0.236 e. The summed E-state index contributed by atoms with van der Waals surface area (Å²) >= 11 is 3.45. The highest BCUT2D eigenvalue weighted by atomic mass is 79.9. The molecule has 1 aliphatic heterocycles. The molecule has 7 heteroatoms. The predicted octanol–water partition coefficient (Wildman–Crippen LogP) is 2.62. The van der Waals surface area contributed by atoms with E-state index in [0.29, 0.717) is 39.1 Å². The summed E-state index contributed by atoms with van der Waals surface area (Å²) in [5, 5.41) is 0. The average Bonchev–Trinajstić information content (AvgIpc) is 2.68. The third-order valence-electron chi connectivity index (χ3n) is 4.83. The maximum atomic E-state index is 12.4. The van der Waals surface area contributed by atoms with Crippen molar-refractivity contribution in [2.24, 2.45) is 0 Å². The van der Waals surface area contributed by atoms with E-state index in [1.807, 2.05) is 47.9 Å². The Morgan fingerprint density at radius 3 is 2.41 bits per heavy atom. The van der Waals surface area contributed by atoms with Crippen molar-refractivity contribution >= 4 is 27.7 Å². The minimum atomic E-state index is 0.167. The lowest BCUT2D eigenvalue weighted by molar-refractivity contribution is -0.135. The summed E-state index contributed by atoms with van der Waals surface area (Å²) in [6.45, 7) is 9.35. The van der Waals surface area contributed by atoms with Crippen molar-refractivity contribution in [3.63, 3.8) is 0 Å². The predicted molar refractivity (Wildman–Crippen MR) is 110 cm³/mol. The zero-order chi connectivity index (χ0) is 19.6. The second-order valence-electron chi connectivity index (χ2n) is 6.61. The summed E-state index contributed by atoms with van der Waals surface area (Å²) in [6.07, 6.45) is 1.18. The fourth-order valence-corrected chi connectivity index (χ4v) is 3.55. The van der Waals surface area contributed by atoms with Crippen molar-refractivity contribution in [2.75, 3.05) is 52.4 Å². The quantitative estimate of drug-likeness (QED) is 0.554. The van der Waals surface area contributed by atoms with Gasteiger partial charge in [-0.1, -0.05) is 12.1 Å². The van der Waals surface area contributed by atoms with Gasteiger partial charge in [0.15, 0.2) is 0 Å². The molecule has 1 fully saturated rings. The molecule has 1 saturated heterocycles. The van der Waals surface area contributed by atoms with Gasteiger partial charge in [-0.25, -0.2) is 0 Å². The number of rotatable bonds is 9. The van der Waals surface area contributed by atoms with E-state index >= 15 is 0 Å². The fourth-order valence-electron chi connectivity index (χ4n) is 3.15. The summed E-state index contributed by atoms with van der Waals surface area (Å²) in [4.78, 5) is 30.5. The van der Waals surface area contributed by atoms with Crippen molar-refractivity contribution < 1.29 is 14.3 Å². The van der Waals surface area contributed by atoms with E-state index in [0.717, 1.165) is 36.4 Å². The lowest BCUT2D eigenvalue weighted by atomic mass is 10.2. The number of nitrogens with zero attached hydrogens (tertiary/aromatic N) is 3. The Hall–Kier alpha value is -1.60. The van der Waals surface area contributed by atoms with Gasteiger partial charge in [-0.15, -0.1) is 0 Å². The van der Waals surface area contributed by atoms with Gasteiger partial charge in [0.2, 0.25) is 11.8 Å². The van der Waals surface area contributed by atoms with Crippen molar-refractivity contribution in [3.05, 3.63) is 28.7 Å². The number of halogens is 1. The highest BCUT2D eigenvalue weighted by Gasteiger charge is 2.23. The number of hydrogen-bond donors (Lipinski definition) is 0. The molecule has 2 rings (SSSR count). The summed E-state index contributed by atoms with van der Waals surface area (Å²) < 4.78 is 6.63. The Labute approximate surface area is 170 Å². The molecule has 27 heavy (non-hydrogen) atoms. The van der Waals surface area contributed by atoms with Crippen LogP contribution in [0.4, 0.5) is 0 Å². The van der Waals surface area contributed by atoms with Crippen LogP contribution in [0.3, 0.4) is 0 Å². The molecule has 150 valence electrons. The van der Waals surface area contributed by atoms with Gasteiger partial charge in [-0.05, 0) is 48.3 Å². The largest absolute Gasteiger partial charge is 0.492 e. The molecule has 2 amide bonds. The van der Waals surface area contributed by atoms with Crippen LogP contribution in [0.15, 0.2) is 28.7 Å². The summed E-state index contributed by atoms with van der Waals surface area (Å²) in [6, 6.07) is 7.71. The van der Waals surface area contributed by atoms with Gasteiger partial charge >= 0.3 is 0 Å². The minimum Gasteiger partial charge on any atom is -0.492 e. The van der Waals surface area contributed by atoms with Crippen LogP contribution in [0.1, 0.15) is 26.7 Å². The van der Waals surface area contributed by atoms with Crippen molar-refractivity contribution in [1.29, 1.82) is 0 Å². The van der Waals surface area contributed by atoms with Crippen LogP contribution in [0.25, 0.3) is 0 Å². The van der Waals surface area contributed by atoms with E-state index in [1.165, 1.54) is 0 Å². The number of piperazine rings is 1. The molecular weight excluding hydrogens is 410 g/mol. The number of carbonyl (C=O) groups excluding carboxylic acids is 2. The van der Waals surface area contributed by atoms with Crippen LogP contribution < -0.4 is 4.74 Å². The monoisotopic (exact) mass is 439 g/mol. The smallest absolute Gasteiger partial charge is 0.236 e. The van der Waals surface area contributed by atoms with Crippen LogP contribution >= 0.6 is 15.9 Å². The van der Waals surface area contributed by atoms with E-state index in [4.69, 9.17) is 4.74 Å². The SMILES string of the molecule is CCN(CC)C(=O)CN1CCN(C(=O)CCCOc2ccccc2Br)CC1. The Morgan fingerprint density at radius 1 is 1.11 bits per heavy atom. The number of hydrogen-bond acceptors (Lipinski definition) is 4. The third-order valence-corrected chi connectivity index (χ3v) is 5.48. The molecule has 0 saturated carbocycles. The van der Waals surface area contributed by atoms with E-state index in [1.54, 1.807) is 0 Å². The Bertz CT molecular complexity index is 614. The summed E-state index contributed by atoms with van der Waals surface area (Å²) in [5.41, 5.74) is 0. The molecule has 0 N–H and O–H groups in total. The number of ether oxygens (including phenoxy) is 1. The molecule has 0 unspecified atom stereocenters. The van der Waals surface area contributed by atoms with E-state index in [9.17, 15) is 9.59 Å². The fraction of sp³-hybridized carbons (Fsp3) is 0.600. The molecule has 1 heterocycles. The molecule has 0 spiro atoms. The number of carbonyl (C=O) groups is 2. The molecule has 0 atom stereocenters. The summed E-state index contributed by atoms with van der Waals surface area (Å²) in [5.74, 6) is 1.14. The first-order chi connectivity index (χ1) is 13.0. The van der Waals surface area contributed by atoms with Gasteiger partial charge in [0.05, 0.1) is 17.6 Å². The van der Waals surface area contributed by atoms with Crippen LogP contribution in [0.2, 0.25) is 0 Å². The first kappa shape index (κ1) is 21.7. The number of amides is 2. The minimum absolute atomic E-state index is 0.167. The van der Waals surface area contributed by atoms with Crippen LogP contribution in [0.5, 0.6) is 5.75 Å². The van der Waals surface area contributed by atoms with Crippen LogP contribution in [-0.4, -0.2) is 78.9 Å². The first-order valence-electron chi connectivity index (χ1n) is 9.70. The first-order valence-corrected chi connectivity index (χ1v) is 10.5. The average molecular weight is 440 g/mol. The lowest BCUT2D eigenvalue weighted by Gasteiger charge is -2.35. The molecular formula is C20H30BrN3O3. The van der Waals surface area contributed by atoms with Crippen molar-refractivity contribution in [1.82, 2.24) is 14.7 Å². The van der Waals surface area contributed by atoms with Crippen LogP contribution in [-0.2, 0) is 9.59 Å². The second-order valence-corrected chi connectivity index (χ2v) is 7.46. The van der Waals surface area contributed by atoms with Crippen LogP contribution in [0, 0.1) is 0 Å². The van der Waals surface area contributed by atoms with Crippen molar-refractivity contribution in [2.45, 2.75) is 26.7 Å². The lowest BCUT2D eigenvalue weighted by Crippen LogP contribution is -2.51. The molecule has 0 aliphatic carbocycles. The maximum absolute atomic E-state index is 12.4. The topological polar surface area (TPSA) is 53.1 Å². The molecule has 0 bridgehead atoms. The third kappa shape index (κ3) is 6.81. The zero-order valence-electron chi connectivity index (χ0n) is 16.3. The Balaban J connectivity index is 1.64. The van der Waals surface area contributed by atoms with E-state index in [2.05, 4.69) is 20.8 Å². The molecule has 6 nitrogen and oxygen atoms in total.